The van der Waals surface area contributed by atoms with Crippen molar-refractivity contribution in [1.82, 2.24) is 9.21 Å². The molecule has 2 fully saturated rings. The molecular weight excluding hydrogens is 442 g/mol. The molecule has 0 saturated carbocycles. The first-order chi connectivity index (χ1) is 15.8. The third kappa shape index (κ3) is 5.73. The molecule has 1 amide bonds. The Kier molecular flexibility index (Phi) is 7.33. The van der Waals surface area contributed by atoms with Crippen LogP contribution in [0.1, 0.15) is 28.8 Å². The number of hydrogen-bond acceptors (Lipinski definition) is 6. The molecule has 0 spiro atoms. The van der Waals surface area contributed by atoms with Crippen LogP contribution in [0.2, 0.25) is 0 Å². The van der Waals surface area contributed by atoms with Crippen LogP contribution in [0.5, 0.6) is 5.75 Å². The number of ether oxygens (including phenoxy) is 2. The number of anilines is 1. The van der Waals surface area contributed by atoms with Crippen LogP contribution in [0, 0.1) is 6.92 Å². The lowest BCUT2D eigenvalue weighted by atomic mass is 10.1. The van der Waals surface area contributed by atoms with Crippen LogP contribution in [-0.2, 0) is 14.8 Å². The van der Waals surface area contributed by atoms with Crippen molar-refractivity contribution in [3.63, 3.8) is 0 Å². The quantitative estimate of drug-likeness (QED) is 0.665. The van der Waals surface area contributed by atoms with Crippen LogP contribution >= 0.6 is 0 Å². The number of benzene rings is 2. The van der Waals surface area contributed by atoms with Crippen molar-refractivity contribution in [1.29, 1.82) is 0 Å². The van der Waals surface area contributed by atoms with E-state index in [4.69, 9.17) is 9.47 Å². The fourth-order valence-corrected chi connectivity index (χ4v) is 5.45. The predicted octanol–water partition coefficient (Wildman–Crippen LogP) is 2.74. The predicted molar refractivity (Wildman–Crippen MR) is 126 cm³/mol. The Morgan fingerprint density at radius 3 is 2.67 bits per heavy atom. The minimum absolute atomic E-state index is 0.0607. The molecule has 2 aliphatic heterocycles. The Hall–Kier alpha value is -2.46. The molecule has 1 N–H and O–H groups in total. The fraction of sp³-hybridized carbons (Fsp3) is 0.458. The van der Waals surface area contributed by atoms with Crippen LogP contribution in [-0.4, -0.2) is 76.1 Å². The molecule has 2 aromatic rings. The molecule has 0 aliphatic carbocycles. The largest absolute Gasteiger partial charge is 0.489 e. The summed E-state index contributed by atoms with van der Waals surface area (Å²) < 4.78 is 39.2. The summed E-state index contributed by atoms with van der Waals surface area (Å²) in [7, 11) is -1.69. The molecule has 33 heavy (non-hydrogen) atoms. The summed E-state index contributed by atoms with van der Waals surface area (Å²) >= 11 is 0. The maximum atomic E-state index is 13.1. The standard InChI is InChI=1S/C24H31N3O5S/c1-18-8-9-22(23(15-18)32-17-20-6-4-14-31-20)25-24(28)19-5-3-7-21(16-19)33(29,30)27-12-10-26(2)11-13-27/h3,5,7-9,15-16,20H,4,6,10-14,17H2,1-2H3,(H,25,28). The highest BCUT2D eigenvalue weighted by Gasteiger charge is 2.28. The average Bonchev–Trinajstić information content (AvgIpc) is 3.33. The van der Waals surface area contributed by atoms with E-state index in [-0.39, 0.29) is 16.6 Å². The lowest BCUT2D eigenvalue weighted by molar-refractivity contribution is 0.0681. The van der Waals surface area contributed by atoms with Gasteiger partial charge in [-0.2, -0.15) is 4.31 Å². The number of carbonyl (C=O) groups excluding carboxylic acids is 1. The van der Waals surface area contributed by atoms with Crippen molar-refractivity contribution in [2.24, 2.45) is 0 Å². The smallest absolute Gasteiger partial charge is 0.255 e. The molecule has 4 rings (SSSR count). The lowest BCUT2D eigenvalue weighted by Crippen LogP contribution is -2.47. The zero-order valence-electron chi connectivity index (χ0n) is 19.1. The molecule has 178 valence electrons. The number of rotatable bonds is 7. The summed E-state index contributed by atoms with van der Waals surface area (Å²) in [4.78, 5) is 15.2. The second-order valence-corrected chi connectivity index (χ2v) is 10.6. The number of sulfonamides is 1. The first-order valence-electron chi connectivity index (χ1n) is 11.3. The second-order valence-electron chi connectivity index (χ2n) is 8.63. The monoisotopic (exact) mass is 473 g/mol. The third-order valence-electron chi connectivity index (χ3n) is 6.03. The van der Waals surface area contributed by atoms with E-state index >= 15 is 0 Å². The maximum Gasteiger partial charge on any atom is 0.255 e. The minimum Gasteiger partial charge on any atom is -0.489 e. The van der Waals surface area contributed by atoms with Crippen molar-refractivity contribution >= 4 is 21.6 Å². The van der Waals surface area contributed by atoms with Gasteiger partial charge in [0.25, 0.3) is 5.91 Å². The molecule has 0 radical (unpaired) electrons. The van der Waals surface area contributed by atoms with Gasteiger partial charge in [-0.05, 0) is 62.7 Å². The molecule has 0 bridgehead atoms. The summed E-state index contributed by atoms with van der Waals surface area (Å²) in [6, 6.07) is 11.7. The molecule has 1 unspecified atom stereocenters. The van der Waals surface area contributed by atoms with Crippen molar-refractivity contribution < 1.29 is 22.7 Å². The van der Waals surface area contributed by atoms with Crippen LogP contribution in [0.4, 0.5) is 5.69 Å². The Morgan fingerprint density at radius 2 is 1.94 bits per heavy atom. The van der Waals surface area contributed by atoms with Gasteiger partial charge in [0.05, 0.1) is 16.7 Å². The van der Waals surface area contributed by atoms with E-state index in [1.54, 1.807) is 18.2 Å². The zero-order valence-corrected chi connectivity index (χ0v) is 19.9. The number of amides is 1. The number of hydrogen-bond donors (Lipinski definition) is 1. The van der Waals surface area contributed by atoms with Crippen LogP contribution in [0.15, 0.2) is 47.4 Å². The molecule has 2 heterocycles. The number of aryl methyl sites for hydroxylation is 1. The van der Waals surface area contributed by atoms with Gasteiger partial charge in [0, 0.05) is 38.3 Å². The van der Waals surface area contributed by atoms with E-state index in [2.05, 4.69) is 10.2 Å². The highest BCUT2D eigenvalue weighted by Crippen LogP contribution is 2.28. The molecule has 2 aromatic carbocycles. The van der Waals surface area contributed by atoms with Gasteiger partial charge in [0.1, 0.15) is 12.4 Å². The van der Waals surface area contributed by atoms with Crippen LogP contribution in [0.25, 0.3) is 0 Å². The van der Waals surface area contributed by atoms with E-state index in [0.717, 1.165) is 25.0 Å². The van der Waals surface area contributed by atoms with Gasteiger partial charge in [-0.15, -0.1) is 0 Å². The highest BCUT2D eigenvalue weighted by molar-refractivity contribution is 7.89. The molecule has 9 heteroatoms. The van der Waals surface area contributed by atoms with Gasteiger partial charge in [-0.3, -0.25) is 4.79 Å². The van der Waals surface area contributed by atoms with Gasteiger partial charge >= 0.3 is 0 Å². The summed E-state index contributed by atoms with van der Waals surface area (Å²) in [6.07, 6.45) is 2.05. The summed E-state index contributed by atoms with van der Waals surface area (Å²) in [5.74, 6) is 0.177. The number of nitrogens with one attached hydrogen (secondary N) is 1. The first kappa shape index (κ1) is 23.7. The van der Waals surface area contributed by atoms with E-state index in [9.17, 15) is 13.2 Å². The third-order valence-corrected chi connectivity index (χ3v) is 7.92. The van der Waals surface area contributed by atoms with Gasteiger partial charge < -0.3 is 19.7 Å². The SMILES string of the molecule is Cc1ccc(NC(=O)c2cccc(S(=O)(=O)N3CCN(C)CC3)c2)c(OCC2CCCO2)c1. The van der Waals surface area contributed by atoms with Crippen molar-refractivity contribution in [2.45, 2.75) is 30.8 Å². The van der Waals surface area contributed by atoms with Gasteiger partial charge in [0.15, 0.2) is 0 Å². The Balaban J connectivity index is 1.49. The first-order valence-corrected chi connectivity index (χ1v) is 12.7. The van der Waals surface area contributed by atoms with Gasteiger partial charge in [0.2, 0.25) is 10.0 Å². The second kappa shape index (κ2) is 10.2. The highest BCUT2D eigenvalue weighted by atomic mass is 32.2. The normalized spacial score (nSPS) is 20.0. The Morgan fingerprint density at radius 1 is 1.15 bits per heavy atom. The van der Waals surface area contributed by atoms with E-state index in [0.29, 0.717) is 44.2 Å². The molecule has 2 saturated heterocycles. The molecule has 8 nitrogen and oxygen atoms in total. The molecular formula is C24H31N3O5S. The summed E-state index contributed by atoms with van der Waals surface area (Å²) in [5.41, 5.74) is 1.82. The average molecular weight is 474 g/mol. The molecule has 2 aliphatic rings. The van der Waals surface area contributed by atoms with Crippen molar-refractivity contribution in [3.8, 4) is 5.75 Å². The molecule has 0 aromatic heterocycles. The van der Waals surface area contributed by atoms with Crippen molar-refractivity contribution in [2.75, 3.05) is 51.8 Å². The van der Waals surface area contributed by atoms with E-state index in [1.165, 1.54) is 16.4 Å². The summed E-state index contributed by atoms with van der Waals surface area (Å²) in [6.45, 7) is 5.36. The van der Waals surface area contributed by atoms with E-state index < -0.39 is 15.9 Å². The number of likely N-dealkylation sites (N-methyl/N-ethyl adjacent to an activating group) is 1. The fourth-order valence-electron chi connectivity index (χ4n) is 3.98. The van der Waals surface area contributed by atoms with Crippen LogP contribution < -0.4 is 10.1 Å². The van der Waals surface area contributed by atoms with Crippen LogP contribution in [0.3, 0.4) is 0 Å². The number of carbonyl (C=O) groups is 1. The minimum atomic E-state index is -3.66. The topological polar surface area (TPSA) is 88.2 Å². The zero-order chi connectivity index (χ0) is 23.4. The molecule has 1 atom stereocenters. The van der Waals surface area contributed by atoms with Gasteiger partial charge in [-0.25, -0.2) is 8.42 Å². The Labute approximate surface area is 195 Å². The lowest BCUT2D eigenvalue weighted by Gasteiger charge is -2.31. The van der Waals surface area contributed by atoms with Gasteiger partial charge in [-0.1, -0.05) is 12.1 Å². The number of nitrogens with zero attached hydrogens (tertiary/aromatic N) is 2. The number of piperazine rings is 1. The Bertz CT molecular complexity index is 1090. The van der Waals surface area contributed by atoms with Crippen molar-refractivity contribution in [3.05, 3.63) is 53.6 Å². The van der Waals surface area contributed by atoms with E-state index in [1.807, 2.05) is 26.1 Å². The maximum absolute atomic E-state index is 13.1. The summed E-state index contributed by atoms with van der Waals surface area (Å²) in [5, 5.41) is 2.87.